The molecule has 3 unspecified atom stereocenters. The fourth-order valence-electron chi connectivity index (χ4n) is 5.91. The third kappa shape index (κ3) is 5.09. The standard InChI is InChI=1S/C31H33ClF2N6O2/c1-5-22(42)39-14-17(3)40-19(15-39)11-13-37-29-24(31(40)35)30(38-27-16(2)10-12-36-28(27)18(4)41)26(34)23(25(29)32)20-8-6-7-9-21(20)33/h5-10,12,17-19,35,37-38,41H,1,11,13-15H2,2-4H3. The van der Waals surface area contributed by atoms with Crippen LogP contribution in [0.25, 0.3) is 11.1 Å². The zero-order chi connectivity index (χ0) is 30.3. The van der Waals surface area contributed by atoms with Crippen LogP contribution < -0.4 is 10.6 Å². The molecule has 220 valence electrons. The molecule has 2 aliphatic heterocycles. The highest BCUT2D eigenvalue weighted by molar-refractivity contribution is 6.37. The Hall–Kier alpha value is -4.02. The molecule has 42 heavy (non-hydrogen) atoms. The Labute approximate surface area is 248 Å². The van der Waals surface area contributed by atoms with E-state index in [1.54, 1.807) is 37.1 Å². The third-order valence-corrected chi connectivity index (χ3v) is 8.28. The molecular formula is C31H33ClF2N6O2. The number of nitrogens with zero attached hydrogens (tertiary/aromatic N) is 3. The van der Waals surface area contributed by atoms with Gasteiger partial charge in [-0.05, 0) is 51.0 Å². The molecule has 11 heteroatoms. The van der Waals surface area contributed by atoms with Crippen LogP contribution in [0, 0.1) is 24.0 Å². The first-order chi connectivity index (χ1) is 20.0. The maximum absolute atomic E-state index is 16.9. The van der Waals surface area contributed by atoms with E-state index in [2.05, 4.69) is 22.2 Å². The number of carbonyl (C=O) groups excluding carboxylic acids is 1. The summed E-state index contributed by atoms with van der Waals surface area (Å²) in [5.74, 6) is -1.68. The van der Waals surface area contributed by atoms with E-state index in [0.29, 0.717) is 48.7 Å². The number of pyridine rings is 1. The van der Waals surface area contributed by atoms with Crippen molar-refractivity contribution in [2.75, 3.05) is 30.3 Å². The maximum atomic E-state index is 16.9. The largest absolute Gasteiger partial charge is 0.387 e. The second-order valence-corrected chi connectivity index (χ2v) is 11.1. The van der Waals surface area contributed by atoms with Gasteiger partial charge >= 0.3 is 0 Å². The Balaban J connectivity index is 1.76. The molecule has 2 aromatic carbocycles. The summed E-state index contributed by atoms with van der Waals surface area (Å²) in [5, 5.41) is 26.3. The van der Waals surface area contributed by atoms with E-state index in [4.69, 9.17) is 11.6 Å². The molecule has 1 fully saturated rings. The predicted molar refractivity (Wildman–Crippen MR) is 161 cm³/mol. The van der Waals surface area contributed by atoms with Gasteiger partial charge in [-0.1, -0.05) is 36.4 Å². The number of rotatable bonds is 5. The van der Waals surface area contributed by atoms with E-state index in [0.717, 1.165) is 0 Å². The number of halogens is 3. The molecule has 1 amide bonds. The van der Waals surface area contributed by atoms with E-state index in [1.807, 2.05) is 11.8 Å². The summed E-state index contributed by atoms with van der Waals surface area (Å²) in [6.45, 7) is 9.99. The zero-order valence-electron chi connectivity index (χ0n) is 23.6. The molecule has 3 aromatic rings. The first-order valence-electron chi connectivity index (χ1n) is 13.8. The second-order valence-electron chi connectivity index (χ2n) is 10.7. The van der Waals surface area contributed by atoms with Crippen molar-refractivity contribution in [3.63, 3.8) is 0 Å². The number of nitrogens with one attached hydrogen (secondary N) is 3. The van der Waals surface area contributed by atoms with Crippen molar-refractivity contribution in [3.05, 3.63) is 82.7 Å². The number of hydrogen-bond acceptors (Lipinski definition) is 6. The Kier molecular flexibility index (Phi) is 8.21. The number of aliphatic hydroxyl groups is 1. The molecule has 1 saturated heterocycles. The number of amidine groups is 1. The molecule has 0 spiro atoms. The molecule has 5 rings (SSSR count). The molecular weight excluding hydrogens is 562 g/mol. The molecule has 0 saturated carbocycles. The van der Waals surface area contributed by atoms with Crippen LogP contribution in [-0.4, -0.2) is 63.4 Å². The summed E-state index contributed by atoms with van der Waals surface area (Å²) >= 11 is 6.88. The van der Waals surface area contributed by atoms with Gasteiger partial charge in [0.2, 0.25) is 5.91 Å². The van der Waals surface area contributed by atoms with Gasteiger partial charge in [-0.3, -0.25) is 15.2 Å². The van der Waals surface area contributed by atoms with Gasteiger partial charge in [0.25, 0.3) is 0 Å². The van der Waals surface area contributed by atoms with Crippen LogP contribution in [0.1, 0.15) is 43.2 Å². The van der Waals surface area contributed by atoms with Crippen LogP contribution >= 0.6 is 11.6 Å². The molecule has 4 N–H and O–H groups in total. The van der Waals surface area contributed by atoms with Crippen molar-refractivity contribution in [1.29, 1.82) is 5.41 Å². The molecule has 0 radical (unpaired) electrons. The highest BCUT2D eigenvalue weighted by atomic mass is 35.5. The first kappa shape index (κ1) is 29.5. The SMILES string of the molecule is C=CC(=O)N1CC(C)N2C(=N)c3c(Nc4c(C)ccnc4C(C)O)c(F)c(-c4ccccc4F)c(Cl)c3NCCC2C1. The van der Waals surface area contributed by atoms with E-state index in [1.165, 1.54) is 24.3 Å². The van der Waals surface area contributed by atoms with Crippen LogP contribution in [0.5, 0.6) is 0 Å². The molecule has 3 heterocycles. The average Bonchev–Trinajstić information content (AvgIpc) is 2.95. The van der Waals surface area contributed by atoms with Gasteiger partial charge in [-0.15, -0.1) is 0 Å². The van der Waals surface area contributed by atoms with Gasteiger partial charge in [0.1, 0.15) is 11.7 Å². The average molecular weight is 595 g/mol. The minimum Gasteiger partial charge on any atom is -0.387 e. The number of aliphatic hydroxyl groups excluding tert-OH is 1. The Bertz CT molecular complexity index is 1580. The van der Waals surface area contributed by atoms with Crippen molar-refractivity contribution in [1.82, 2.24) is 14.8 Å². The number of aryl methyl sites for hydroxylation is 1. The van der Waals surface area contributed by atoms with Crippen molar-refractivity contribution in [3.8, 4) is 11.1 Å². The first-order valence-corrected chi connectivity index (χ1v) is 14.2. The predicted octanol–water partition coefficient (Wildman–Crippen LogP) is 6.01. The summed E-state index contributed by atoms with van der Waals surface area (Å²) < 4.78 is 32.0. The molecule has 0 bridgehead atoms. The van der Waals surface area contributed by atoms with Gasteiger partial charge in [0.05, 0.1) is 45.5 Å². The van der Waals surface area contributed by atoms with Crippen molar-refractivity contribution >= 4 is 40.4 Å². The summed E-state index contributed by atoms with van der Waals surface area (Å²) in [6, 6.07) is 7.01. The minimum atomic E-state index is -0.979. The van der Waals surface area contributed by atoms with Crippen molar-refractivity contribution in [2.45, 2.75) is 45.4 Å². The van der Waals surface area contributed by atoms with Crippen LogP contribution in [0.15, 0.2) is 49.2 Å². The van der Waals surface area contributed by atoms with Crippen molar-refractivity contribution in [2.24, 2.45) is 0 Å². The lowest BCUT2D eigenvalue weighted by Gasteiger charge is -2.48. The van der Waals surface area contributed by atoms with Gasteiger partial charge in [-0.25, -0.2) is 8.78 Å². The van der Waals surface area contributed by atoms with Gasteiger partial charge in [-0.2, -0.15) is 0 Å². The zero-order valence-corrected chi connectivity index (χ0v) is 24.4. The monoisotopic (exact) mass is 594 g/mol. The number of benzene rings is 2. The quantitative estimate of drug-likeness (QED) is 0.270. The van der Waals surface area contributed by atoms with Crippen molar-refractivity contribution < 1.29 is 18.7 Å². The Morgan fingerprint density at radius 1 is 1.26 bits per heavy atom. The minimum absolute atomic E-state index is 0.00364. The summed E-state index contributed by atoms with van der Waals surface area (Å²) in [6.07, 6.45) is 2.41. The topological polar surface area (TPSA) is 105 Å². The third-order valence-electron chi connectivity index (χ3n) is 7.90. The van der Waals surface area contributed by atoms with E-state index < -0.39 is 17.7 Å². The molecule has 0 aliphatic carbocycles. The Morgan fingerprint density at radius 3 is 2.69 bits per heavy atom. The smallest absolute Gasteiger partial charge is 0.246 e. The molecule has 8 nitrogen and oxygen atoms in total. The van der Waals surface area contributed by atoms with E-state index >= 15 is 8.78 Å². The summed E-state index contributed by atoms with van der Waals surface area (Å²) in [4.78, 5) is 20.4. The normalized spacial score (nSPS) is 19.2. The van der Waals surface area contributed by atoms with Crippen LogP contribution in [0.3, 0.4) is 0 Å². The molecule has 2 aliphatic rings. The van der Waals surface area contributed by atoms with Gasteiger partial charge < -0.3 is 25.5 Å². The summed E-state index contributed by atoms with van der Waals surface area (Å²) in [5.41, 5.74) is 1.53. The number of piperazine rings is 1. The van der Waals surface area contributed by atoms with E-state index in [-0.39, 0.29) is 51.2 Å². The Morgan fingerprint density at radius 2 is 2.00 bits per heavy atom. The van der Waals surface area contributed by atoms with Crippen LogP contribution in [0.2, 0.25) is 5.02 Å². The highest BCUT2D eigenvalue weighted by Gasteiger charge is 2.39. The number of amides is 1. The van der Waals surface area contributed by atoms with Gasteiger partial charge in [0.15, 0.2) is 5.82 Å². The number of anilines is 3. The lowest BCUT2D eigenvalue weighted by Crippen LogP contribution is -2.61. The molecule has 3 atom stereocenters. The lowest BCUT2D eigenvalue weighted by atomic mass is 9.93. The molecule has 1 aromatic heterocycles. The number of aromatic nitrogens is 1. The van der Waals surface area contributed by atoms with Gasteiger partial charge in [0, 0.05) is 43.0 Å². The van der Waals surface area contributed by atoms with Crippen LogP contribution in [-0.2, 0) is 4.79 Å². The fraction of sp³-hybridized carbons (Fsp3) is 0.323. The lowest BCUT2D eigenvalue weighted by molar-refractivity contribution is -0.129. The number of hydrogen-bond donors (Lipinski definition) is 4. The second kappa shape index (κ2) is 11.7. The summed E-state index contributed by atoms with van der Waals surface area (Å²) in [7, 11) is 0. The number of fused-ring (bicyclic) bond motifs is 2. The van der Waals surface area contributed by atoms with E-state index in [9.17, 15) is 15.3 Å². The number of carbonyl (C=O) groups is 1. The van der Waals surface area contributed by atoms with Crippen LogP contribution in [0.4, 0.5) is 25.8 Å². The fourth-order valence-corrected chi connectivity index (χ4v) is 6.26. The highest BCUT2D eigenvalue weighted by Crippen LogP contribution is 2.47. The maximum Gasteiger partial charge on any atom is 0.246 e.